The van der Waals surface area contributed by atoms with Gasteiger partial charge in [0, 0.05) is 17.5 Å². The van der Waals surface area contributed by atoms with E-state index < -0.39 is 12.1 Å². The van der Waals surface area contributed by atoms with Crippen molar-refractivity contribution in [2.24, 2.45) is 0 Å². The van der Waals surface area contributed by atoms with E-state index in [1.54, 1.807) is 0 Å². The molecule has 7 heteroatoms. The summed E-state index contributed by atoms with van der Waals surface area (Å²) in [7, 11) is 0. The molecule has 1 fully saturated rings. The molecule has 7 nitrogen and oxygen atoms in total. The van der Waals surface area contributed by atoms with E-state index >= 15 is 0 Å². The van der Waals surface area contributed by atoms with Gasteiger partial charge < -0.3 is 15.1 Å². The molecule has 4 amide bonds. The Balaban J connectivity index is 1.59. The Morgan fingerprint density at radius 3 is 2.80 bits per heavy atom. The number of imide groups is 1. The highest BCUT2D eigenvalue weighted by Gasteiger charge is 2.38. The normalized spacial score (nSPS) is 17.2. The van der Waals surface area contributed by atoms with Crippen LogP contribution in [0.5, 0.6) is 0 Å². The van der Waals surface area contributed by atoms with Crippen molar-refractivity contribution in [2.75, 3.05) is 6.54 Å². The monoisotopic (exact) mass is 343 g/mol. The number of hydrogen-bond acceptors (Lipinski definition) is 4. The van der Waals surface area contributed by atoms with Crippen LogP contribution in [0.1, 0.15) is 31.1 Å². The minimum absolute atomic E-state index is 0.0793. The molecule has 0 radical (unpaired) electrons. The van der Waals surface area contributed by atoms with E-state index in [-0.39, 0.29) is 24.8 Å². The second kappa shape index (κ2) is 6.96. The number of amides is 4. The largest absolute Gasteiger partial charge is 0.459 e. The van der Waals surface area contributed by atoms with Crippen LogP contribution in [0.15, 0.2) is 28.7 Å². The van der Waals surface area contributed by atoms with Crippen molar-refractivity contribution in [1.82, 2.24) is 15.5 Å². The first-order chi connectivity index (χ1) is 12.0. The fourth-order valence-electron chi connectivity index (χ4n) is 2.98. The molecule has 1 saturated heterocycles. The highest BCUT2D eigenvalue weighted by atomic mass is 16.3. The van der Waals surface area contributed by atoms with E-state index in [0.29, 0.717) is 18.7 Å². The predicted octanol–water partition coefficient (Wildman–Crippen LogP) is 2.08. The lowest BCUT2D eigenvalue weighted by Crippen LogP contribution is -2.36. The van der Waals surface area contributed by atoms with Gasteiger partial charge in [-0.15, -0.1) is 0 Å². The summed E-state index contributed by atoms with van der Waals surface area (Å²) >= 11 is 0. The predicted molar refractivity (Wildman–Crippen MR) is 91.7 cm³/mol. The Morgan fingerprint density at radius 2 is 2.08 bits per heavy atom. The van der Waals surface area contributed by atoms with Crippen molar-refractivity contribution >= 4 is 28.8 Å². The number of carbonyl (C=O) groups excluding carboxylic acids is 3. The second-order valence-electron chi connectivity index (χ2n) is 6.12. The number of benzene rings is 1. The van der Waals surface area contributed by atoms with Crippen LogP contribution >= 0.6 is 0 Å². The lowest BCUT2D eigenvalue weighted by molar-refractivity contribution is -0.130. The summed E-state index contributed by atoms with van der Waals surface area (Å²) in [6, 6.07) is 6.44. The number of aryl methyl sites for hydroxylation is 1. The molecule has 0 spiro atoms. The van der Waals surface area contributed by atoms with Crippen LogP contribution < -0.4 is 10.6 Å². The lowest BCUT2D eigenvalue weighted by Gasteiger charge is -2.11. The molecular weight excluding hydrogens is 322 g/mol. The molecule has 2 heterocycles. The number of nitrogens with zero attached hydrogens (tertiary/aromatic N) is 1. The first-order valence-corrected chi connectivity index (χ1v) is 8.36. The summed E-state index contributed by atoms with van der Waals surface area (Å²) in [6.07, 6.45) is 0.605. The Kier molecular flexibility index (Phi) is 4.74. The summed E-state index contributed by atoms with van der Waals surface area (Å²) in [6.45, 7) is 4.43. The van der Waals surface area contributed by atoms with Crippen molar-refractivity contribution < 1.29 is 18.8 Å². The third kappa shape index (κ3) is 3.35. The molecule has 0 saturated carbocycles. The maximum absolute atomic E-state index is 12.1. The van der Waals surface area contributed by atoms with Crippen LogP contribution in [0.2, 0.25) is 0 Å². The number of fused-ring (bicyclic) bond motifs is 1. The molecule has 0 unspecified atom stereocenters. The number of rotatable bonds is 6. The standard InChI is InChI=1S/C18H21N3O4/c1-3-8-21-17(23)13(20-18(21)24)9-16(22)19-10-15-11(2)12-6-4-5-7-14(12)25-15/h4-7,13H,3,8-10H2,1-2H3,(H,19,22)(H,20,24)/t13-/m1/s1. The van der Waals surface area contributed by atoms with Crippen LogP contribution in [0.25, 0.3) is 11.0 Å². The van der Waals surface area contributed by atoms with Gasteiger partial charge in [-0.2, -0.15) is 0 Å². The number of nitrogens with one attached hydrogen (secondary N) is 2. The molecule has 132 valence electrons. The average Bonchev–Trinajstić information content (AvgIpc) is 3.05. The summed E-state index contributed by atoms with van der Waals surface area (Å²) in [5.41, 5.74) is 1.76. The summed E-state index contributed by atoms with van der Waals surface area (Å²) < 4.78 is 5.75. The van der Waals surface area contributed by atoms with Gasteiger partial charge in [0.25, 0.3) is 5.91 Å². The van der Waals surface area contributed by atoms with Gasteiger partial charge in [-0.05, 0) is 19.4 Å². The summed E-state index contributed by atoms with van der Waals surface area (Å²) in [5, 5.41) is 6.32. The van der Waals surface area contributed by atoms with Crippen molar-refractivity contribution in [3.63, 3.8) is 0 Å². The SMILES string of the molecule is CCCN1C(=O)N[C@H](CC(=O)NCc2oc3ccccc3c2C)C1=O. The van der Waals surface area contributed by atoms with Crippen molar-refractivity contribution in [3.8, 4) is 0 Å². The van der Waals surface area contributed by atoms with Crippen LogP contribution in [-0.4, -0.2) is 35.3 Å². The molecular formula is C18H21N3O4. The van der Waals surface area contributed by atoms with Crippen molar-refractivity contribution in [2.45, 2.75) is 39.3 Å². The number of carbonyl (C=O) groups is 3. The Bertz CT molecular complexity index is 827. The Morgan fingerprint density at radius 1 is 1.32 bits per heavy atom. The van der Waals surface area contributed by atoms with Crippen LogP contribution in [0.4, 0.5) is 4.79 Å². The number of hydrogen-bond donors (Lipinski definition) is 2. The minimum atomic E-state index is -0.796. The van der Waals surface area contributed by atoms with Crippen LogP contribution in [0, 0.1) is 6.92 Å². The second-order valence-corrected chi connectivity index (χ2v) is 6.12. The molecule has 2 aromatic rings. The first kappa shape index (κ1) is 17.0. The third-order valence-electron chi connectivity index (χ3n) is 4.33. The maximum atomic E-state index is 12.1. The molecule has 3 rings (SSSR count). The van der Waals surface area contributed by atoms with Gasteiger partial charge in [-0.1, -0.05) is 25.1 Å². The van der Waals surface area contributed by atoms with E-state index in [1.807, 2.05) is 38.1 Å². The first-order valence-electron chi connectivity index (χ1n) is 8.36. The van der Waals surface area contributed by atoms with Crippen LogP contribution in [0.3, 0.4) is 0 Å². The van der Waals surface area contributed by atoms with Gasteiger partial charge in [-0.25, -0.2) is 4.79 Å². The highest BCUT2D eigenvalue weighted by Crippen LogP contribution is 2.24. The number of urea groups is 1. The molecule has 1 aliphatic heterocycles. The quantitative estimate of drug-likeness (QED) is 0.786. The van der Waals surface area contributed by atoms with E-state index in [2.05, 4.69) is 10.6 Å². The van der Waals surface area contributed by atoms with Crippen molar-refractivity contribution in [3.05, 3.63) is 35.6 Å². The lowest BCUT2D eigenvalue weighted by atomic mass is 10.1. The molecule has 1 aromatic heterocycles. The topological polar surface area (TPSA) is 91.7 Å². The Labute approximate surface area is 145 Å². The highest BCUT2D eigenvalue weighted by molar-refractivity contribution is 6.05. The van der Waals surface area contributed by atoms with Crippen molar-refractivity contribution in [1.29, 1.82) is 0 Å². The zero-order valence-corrected chi connectivity index (χ0v) is 14.3. The van der Waals surface area contributed by atoms with Gasteiger partial charge >= 0.3 is 6.03 Å². The smallest absolute Gasteiger partial charge is 0.324 e. The average molecular weight is 343 g/mol. The molecule has 25 heavy (non-hydrogen) atoms. The minimum Gasteiger partial charge on any atom is -0.459 e. The van der Waals surface area contributed by atoms with Gasteiger partial charge in [0.1, 0.15) is 17.4 Å². The molecule has 1 aromatic carbocycles. The summed E-state index contributed by atoms with van der Waals surface area (Å²) in [5.74, 6) is 0.0303. The van der Waals surface area contributed by atoms with Gasteiger partial charge in [0.15, 0.2) is 0 Å². The van der Waals surface area contributed by atoms with Gasteiger partial charge in [0.2, 0.25) is 5.91 Å². The fraction of sp³-hybridized carbons (Fsp3) is 0.389. The van der Waals surface area contributed by atoms with Crippen LogP contribution in [-0.2, 0) is 16.1 Å². The zero-order valence-electron chi connectivity index (χ0n) is 14.3. The Hall–Kier alpha value is -2.83. The van der Waals surface area contributed by atoms with E-state index in [9.17, 15) is 14.4 Å². The van der Waals surface area contributed by atoms with E-state index in [4.69, 9.17) is 4.42 Å². The number of para-hydroxylation sites is 1. The van der Waals surface area contributed by atoms with Gasteiger partial charge in [-0.3, -0.25) is 14.5 Å². The zero-order chi connectivity index (χ0) is 18.0. The maximum Gasteiger partial charge on any atom is 0.324 e. The fourth-order valence-corrected chi connectivity index (χ4v) is 2.98. The third-order valence-corrected chi connectivity index (χ3v) is 4.33. The summed E-state index contributed by atoms with van der Waals surface area (Å²) in [4.78, 5) is 37.2. The molecule has 2 N–H and O–H groups in total. The molecule has 1 atom stereocenters. The molecule has 0 aliphatic carbocycles. The van der Waals surface area contributed by atoms with Gasteiger partial charge in [0.05, 0.1) is 13.0 Å². The number of furan rings is 1. The van der Waals surface area contributed by atoms with E-state index in [0.717, 1.165) is 21.4 Å². The van der Waals surface area contributed by atoms with E-state index in [1.165, 1.54) is 0 Å². The molecule has 1 aliphatic rings. The molecule has 0 bridgehead atoms.